The van der Waals surface area contributed by atoms with Crippen molar-refractivity contribution in [3.8, 4) is 22.4 Å². The summed E-state index contributed by atoms with van der Waals surface area (Å²) in [5, 5.41) is 0.498. The first-order valence-corrected chi connectivity index (χ1v) is 13.6. The first-order chi connectivity index (χ1) is 16.8. The third kappa shape index (κ3) is 4.59. The number of nitrogens with one attached hydrogen (secondary N) is 1. The number of nitrogens with two attached hydrogens (primary N) is 1. The predicted octanol–water partition coefficient (Wildman–Crippen LogP) is 4.30. The fourth-order valence-electron chi connectivity index (χ4n) is 4.96. The zero-order valence-corrected chi connectivity index (χ0v) is 20.4. The number of hydrogen-bond donors (Lipinski definition) is 2. The second kappa shape index (κ2) is 9.28. The van der Waals surface area contributed by atoms with Crippen LogP contribution in [-0.2, 0) is 16.4 Å². The van der Waals surface area contributed by atoms with Crippen molar-refractivity contribution in [1.82, 2.24) is 14.9 Å². The Kier molecular flexibility index (Phi) is 6.17. The van der Waals surface area contributed by atoms with Gasteiger partial charge >= 0.3 is 0 Å². The molecule has 0 unspecified atom stereocenters. The quantitative estimate of drug-likeness (QED) is 0.392. The molecule has 180 valence electrons. The number of aromatic nitrogens is 2. The van der Waals surface area contributed by atoms with Gasteiger partial charge in [0.15, 0.2) is 6.29 Å². The molecule has 0 aliphatic carbocycles. The number of carbonyl (C=O) groups is 1. The van der Waals surface area contributed by atoms with E-state index in [1.165, 1.54) is 18.0 Å². The largest absolute Gasteiger partial charge is 0.397 e. The molecule has 5 rings (SSSR count). The molecule has 0 spiro atoms. The van der Waals surface area contributed by atoms with E-state index in [-0.39, 0.29) is 5.25 Å². The molecule has 7 nitrogen and oxygen atoms in total. The van der Waals surface area contributed by atoms with Crippen molar-refractivity contribution in [3.63, 3.8) is 0 Å². The van der Waals surface area contributed by atoms with Gasteiger partial charge < -0.3 is 10.7 Å². The van der Waals surface area contributed by atoms with E-state index in [9.17, 15) is 13.2 Å². The van der Waals surface area contributed by atoms with E-state index >= 15 is 0 Å². The van der Waals surface area contributed by atoms with E-state index in [1.54, 1.807) is 0 Å². The van der Waals surface area contributed by atoms with E-state index < -0.39 is 9.84 Å². The van der Waals surface area contributed by atoms with Crippen LogP contribution in [-0.4, -0.2) is 54.2 Å². The molecule has 1 fully saturated rings. The highest BCUT2D eigenvalue weighted by Gasteiger charge is 2.26. The Labute approximate surface area is 204 Å². The molecule has 2 aromatic carbocycles. The molecule has 4 aromatic rings. The maximum Gasteiger partial charge on any atom is 0.152 e. The third-order valence-electron chi connectivity index (χ3n) is 6.86. The summed E-state index contributed by atoms with van der Waals surface area (Å²) in [6, 6.07) is 18.2. The Morgan fingerprint density at radius 1 is 1.06 bits per heavy atom. The number of anilines is 1. The lowest BCUT2D eigenvalue weighted by Gasteiger charge is -2.31. The van der Waals surface area contributed by atoms with Crippen LogP contribution in [0, 0.1) is 0 Å². The zero-order valence-electron chi connectivity index (χ0n) is 19.6. The molecule has 0 radical (unpaired) electrons. The molecule has 0 atom stereocenters. The first-order valence-electron chi connectivity index (χ1n) is 11.7. The summed E-state index contributed by atoms with van der Waals surface area (Å²) in [6.07, 6.45) is 5.00. The first kappa shape index (κ1) is 23.3. The summed E-state index contributed by atoms with van der Waals surface area (Å²) in [4.78, 5) is 22.1. The minimum Gasteiger partial charge on any atom is -0.397 e. The Hall–Kier alpha value is -3.49. The molecule has 0 amide bonds. The molecule has 0 bridgehead atoms. The number of piperidine rings is 1. The fraction of sp³-hybridized carbons (Fsp3) is 0.259. The summed E-state index contributed by atoms with van der Waals surface area (Å²) in [6.45, 7) is 2.34. The van der Waals surface area contributed by atoms with Crippen molar-refractivity contribution in [2.45, 2.75) is 24.6 Å². The van der Waals surface area contributed by atoms with Crippen LogP contribution in [0.1, 0.15) is 28.8 Å². The number of likely N-dealkylation sites (tertiary alicyclic amines) is 1. The molecule has 3 heterocycles. The van der Waals surface area contributed by atoms with E-state index in [0.29, 0.717) is 29.7 Å². The highest BCUT2D eigenvalue weighted by atomic mass is 32.2. The Morgan fingerprint density at radius 3 is 2.37 bits per heavy atom. The Bertz CT molecular complexity index is 1470. The smallest absolute Gasteiger partial charge is 0.152 e. The highest BCUT2D eigenvalue weighted by Crippen LogP contribution is 2.40. The monoisotopic (exact) mass is 488 g/mol. The minimum atomic E-state index is -2.97. The van der Waals surface area contributed by atoms with Crippen molar-refractivity contribution in [2.75, 3.05) is 25.1 Å². The fourth-order valence-corrected chi connectivity index (χ4v) is 6.03. The SMILES string of the molecule is CS(=O)(=O)C1CCN(Cc2ccc(-c3[nH]c4ncc(N)c(C=O)c4c3-c3ccccc3)cc2)CC1. The summed E-state index contributed by atoms with van der Waals surface area (Å²) >= 11 is 0. The third-order valence-corrected chi connectivity index (χ3v) is 8.54. The van der Waals surface area contributed by atoms with E-state index in [2.05, 4.69) is 39.1 Å². The van der Waals surface area contributed by atoms with Gasteiger partial charge in [0.25, 0.3) is 0 Å². The van der Waals surface area contributed by atoms with Crippen LogP contribution in [0.15, 0.2) is 60.8 Å². The van der Waals surface area contributed by atoms with Crippen molar-refractivity contribution in [1.29, 1.82) is 0 Å². The number of nitrogens with zero attached hydrogens (tertiary/aromatic N) is 2. The van der Waals surface area contributed by atoms with E-state index in [1.807, 2.05) is 30.3 Å². The van der Waals surface area contributed by atoms with Gasteiger partial charge in [0.2, 0.25) is 0 Å². The van der Waals surface area contributed by atoms with Gasteiger partial charge in [0, 0.05) is 23.8 Å². The normalized spacial score (nSPS) is 15.5. The summed E-state index contributed by atoms with van der Waals surface area (Å²) in [7, 11) is -2.97. The number of benzene rings is 2. The zero-order chi connectivity index (χ0) is 24.6. The number of carbonyl (C=O) groups excluding carboxylic acids is 1. The average molecular weight is 489 g/mol. The summed E-state index contributed by atoms with van der Waals surface area (Å²) in [5.41, 5.74) is 12.4. The highest BCUT2D eigenvalue weighted by molar-refractivity contribution is 7.91. The van der Waals surface area contributed by atoms with Crippen LogP contribution >= 0.6 is 0 Å². The van der Waals surface area contributed by atoms with Crippen LogP contribution < -0.4 is 5.73 Å². The topological polar surface area (TPSA) is 109 Å². The van der Waals surface area contributed by atoms with E-state index in [4.69, 9.17) is 5.73 Å². The molecule has 35 heavy (non-hydrogen) atoms. The van der Waals surface area contributed by atoms with Gasteiger partial charge in [-0.05, 0) is 42.6 Å². The Morgan fingerprint density at radius 2 is 1.74 bits per heavy atom. The van der Waals surface area contributed by atoms with Crippen LogP contribution in [0.2, 0.25) is 0 Å². The number of H-pyrrole nitrogens is 1. The molecule has 1 aliphatic heterocycles. The maximum atomic E-state index is 11.9. The number of rotatable bonds is 6. The van der Waals surface area contributed by atoms with Gasteiger partial charge in [-0.25, -0.2) is 13.4 Å². The van der Waals surface area contributed by atoms with Crippen molar-refractivity contribution >= 4 is 32.8 Å². The van der Waals surface area contributed by atoms with Gasteiger partial charge in [0.1, 0.15) is 15.5 Å². The minimum absolute atomic E-state index is 0.224. The van der Waals surface area contributed by atoms with Crippen molar-refractivity contribution in [3.05, 3.63) is 71.9 Å². The molecular weight excluding hydrogens is 460 g/mol. The van der Waals surface area contributed by atoms with E-state index in [0.717, 1.165) is 53.7 Å². The van der Waals surface area contributed by atoms with Gasteiger partial charge in [0.05, 0.1) is 28.4 Å². The molecule has 1 aliphatic rings. The Balaban J connectivity index is 1.47. The van der Waals surface area contributed by atoms with Gasteiger partial charge in [-0.2, -0.15) is 0 Å². The van der Waals surface area contributed by atoms with Crippen LogP contribution in [0.25, 0.3) is 33.4 Å². The number of hydrogen-bond acceptors (Lipinski definition) is 6. The molecule has 3 N–H and O–H groups in total. The predicted molar refractivity (Wildman–Crippen MR) is 140 cm³/mol. The number of pyridine rings is 1. The lowest BCUT2D eigenvalue weighted by atomic mass is 9.96. The standard InChI is InChI=1S/C27H28N4O3S/c1-35(33,34)21-11-13-31(14-12-21)16-18-7-9-20(10-8-18)26-24(19-5-3-2-4-6-19)25-22(17-32)23(28)15-29-27(25)30-26/h2-10,15,17,21H,11-14,16,28H2,1H3,(H,29,30). The summed E-state index contributed by atoms with van der Waals surface area (Å²) < 4.78 is 23.6. The molecular formula is C27H28N4O3S. The van der Waals surface area contributed by atoms with Crippen LogP contribution in [0.3, 0.4) is 0 Å². The molecule has 2 aromatic heterocycles. The lowest BCUT2D eigenvalue weighted by Crippen LogP contribution is -2.38. The molecule has 0 saturated carbocycles. The van der Waals surface area contributed by atoms with Gasteiger partial charge in [-0.1, -0.05) is 54.6 Å². The second-order valence-corrected chi connectivity index (χ2v) is 11.5. The number of fused-ring (bicyclic) bond motifs is 1. The summed E-state index contributed by atoms with van der Waals surface area (Å²) in [5.74, 6) is 0. The van der Waals surface area contributed by atoms with Gasteiger partial charge in [-0.3, -0.25) is 9.69 Å². The maximum absolute atomic E-state index is 11.9. The molecule has 8 heteroatoms. The average Bonchev–Trinajstić information content (AvgIpc) is 3.24. The number of aldehydes is 1. The van der Waals surface area contributed by atoms with Crippen LogP contribution in [0.5, 0.6) is 0 Å². The lowest BCUT2D eigenvalue weighted by molar-refractivity contribution is 0.112. The van der Waals surface area contributed by atoms with Crippen molar-refractivity contribution < 1.29 is 13.2 Å². The second-order valence-electron chi connectivity index (χ2n) is 9.21. The number of sulfone groups is 1. The van der Waals surface area contributed by atoms with Crippen LogP contribution in [0.4, 0.5) is 5.69 Å². The number of aromatic amines is 1. The molecule has 1 saturated heterocycles. The number of nitrogen functional groups attached to an aromatic ring is 1. The van der Waals surface area contributed by atoms with Gasteiger partial charge in [-0.15, -0.1) is 0 Å². The van der Waals surface area contributed by atoms with Crippen molar-refractivity contribution in [2.24, 2.45) is 0 Å².